The Labute approximate surface area is 213 Å². The van der Waals surface area contributed by atoms with Crippen LogP contribution in [0, 0.1) is 0 Å². The molecule has 0 unspecified atom stereocenters. The van der Waals surface area contributed by atoms with Gasteiger partial charge in [-0.2, -0.15) is 0 Å². The Balaban J connectivity index is 1.51. The number of hydrogen-bond donors (Lipinski definition) is 0. The Morgan fingerprint density at radius 2 is 1.82 bits per heavy atom. The van der Waals surface area contributed by atoms with Crippen LogP contribution in [0.1, 0.15) is 21.5 Å². The standard InChI is InChI=1S/C25H17BrClNO5S/c1-32-21-11-16(7-10-20(21)33-24(30)17-3-2-4-18(26)13-17)12-22-23(29)28(25(31)34-22)14-15-5-8-19(27)9-6-15/h2-13H,14H2,1H3/b22-12-. The number of halogens is 2. The number of carbonyl (C=O) groups is 3. The molecule has 3 aromatic rings. The molecule has 2 amide bonds. The monoisotopic (exact) mass is 557 g/mol. The zero-order valence-corrected chi connectivity index (χ0v) is 20.9. The third-order valence-electron chi connectivity index (χ3n) is 4.88. The Hall–Kier alpha value is -3.07. The van der Waals surface area contributed by atoms with Crippen LogP contribution in [0.3, 0.4) is 0 Å². The number of methoxy groups -OCH3 is 1. The molecule has 0 spiro atoms. The maximum absolute atomic E-state index is 12.8. The quantitative estimate of drug-likeness (QED) is 0.194. The van der Waals surface area contributed by atoms with Crippen LogP contribution < -0.4 is 9.47 Å². The first kappa shape index (κ1) is 24.1. The largest absolute Gasteiger partial charge is 0.493 e. The number of benzene rings is 3. The van der Waals surface area contributed by atoms with Crippen molar-refractivity contribution in [3.8, 4) is 11.5 Å². The molecule has 1 aliphatic heterocycles. The molecular formula is C25H17BrClNO5S. The smallest absolute Gasteiger partial charge is 0.343 e. The third-order valence-corrected chi connectivity index (χ3v) is 6.53. The average molecular weight is 559 g/mol. The van der Waals surface area contributed by atoms with Gasteiger partial charge < -0.3 is 9.47 Å². The van der Waals surface area contributed by atoms with E-state index in [4.69, 9.17) is 21.1 Å². The van der Waals surface area contributed by atoms with E-state index in [0.717, 1.165) is 21.8 Å². The van der Waals surface area contributed by atoms with Gasteiger partial charge in [-0.05, 0) is 71.4 Å². The zero-order valence-electron chi connectivity index (χ0n) is 17.8. The number of imide groups is 1. The van der Waals surface area contributed by atoms with Crippen LogP contribution in [0.15, 0.2) is 76.1 Å². The summed E-state index contributed by atoms with van der Waals surface area (Å²) in [6, 6.07) is 18.7. The van der Waals surface area contributed by atoms with E-state index in [0.29, 0.717) is 26.8 Å². The number of nitrogens with zero attached hydrogens (tertiary/aromatic N) is 1. The van der Waals surface area contributed by atoms with Gasteiger partial charge in [0.05, 0.1) is 24.1 Å². The van der Waals surface area contributed by atoms with E-state index >= 15 is 0 Å². The lowest BCUT2D eigenvalue weighted by Crippen LogP contribution is -2.27. The summed E-state index contributed by atoms with van der Waals surface area (Å²) in [6.07, 6.45) is 1.61. The number of thioether (sulfide) groups is 1. The number of carbonyl (C=O) groups excluding carboxylic acids is 3. The van der Waals surface area contributed by atoms with Crippen molar-refractivity contribution in [1.29, 1.82) is 0 Å². The lowest BCUT2D eigenvalue weighted by molar-refractivity contribution is -0.123. The molecule has 0 aromatic heterocycles. The SMILES string of the molecule is COc1cc(/C=C2\SC(=O)N(Cc3ccc(Cl)cc3)C2=O)ccc1OC(=O)c1cccc(Br)c1. The summed E-state index contributed by atoms with van der Waals surface area (Å²) in [7, 11) is 1.45. The van der Waals surface area contributed by atoms with Gasteiger partial charge >= 0.3 is 5.97 Å². The van der Waals surface area contributed by atoms with Crippen molar-refractivity contribution in [2.24, 2.45) is 0 Å². The molecule has 172 valence electrons. The molecule has 1 fully saturated rings. The van der Waals surface area contributed by atoms with Crippen LogP contribution in [-0.4, -0.2) is 29.1 Å². The molecule has 6 nitrogen and oxygen atoms in total. The van der Waals surface area contributed by atoms with E-state index < -0.39 is 5.97 Å². The fourth-order valence-corrected chi connectivity index (χ4v) is 4.56. The highest BCUT2D eigenvalue weighted by atomic mass is 79.9. The predicted molar refractivity (Wildman–Crippen MR) is 135 cm³/mol. The molecule has 0 bridgehead atoms. The normalized spacial score (nSPS) is 14.6. The summed E-state index contributed by atoms with van der Waals surface area (Å²) < 4.78 is 11.6. The van der Waals surface area contributed by atoms with Gasteiger partial charge in [-0.25, -0.2) is 4.79 Å². The van der Waals surface area contributed by atoms with Crippen molar-refractivity contribution < 1.29 is 23.9 Å². The highest BCUT2D eigenvalue weighted by molar-refractivity contribution is 9.10. The van der Waals surface area contributed by atoms with Gasteiger partial charge in [-0.3, -0.25) is 14.5 Å². The summed E-state index contributed by atoms with van der Waals surface area (Å²) in [4.78, 5) is 39.2. The van der Waals surface area contributed by atoms with E-state index in [9.17, 15) is 14.4 Å². The van der Waals surface area contributed by atoms with Crippen molar-refractivity contribution >= 4 is 62.5 Å². The second-order valence-corrected chi connectivity index (χ2v) is 9.55. The summed E-state index contributed by atoms with van der Waals surface area (Å²) in [6.45, 7) is 0.160. The molecule has 1 heterocycles. The van der Waals surface area contributed by atoms with E-state index in [1.807, 2.05) is 6.07 Å². The lowest BCUT2D eigenvalue weighted by atomic mass is 10.1. The van der Waals surface area contributed by atoms with Gasteiger partial charge in [-0.1, -0.05) is 51.8 Å². The molecule has 4 rings (SSSR count). The minimum Gasteiger partial charge on any atom is -0.493 e. The Bertz CT molecular complexity index is 1310. The number of amides is 2. The first-order chi connectivity index (χ1) is 16.3. The average Bonchev–Trinajstić information content (AvgIpc) is 3.08. The third kappa shape index (κ3) is 5.52. The number of esters is 1. The van der Waals surface area contributed by atoms with Crippen molar-refractivity contribution in [3.63, 3.8) is 0 Å². The first-order valence-electron chi connectivity index (χ1n) is 9.99. The molecule has 0 aliphatic carbocycles. The molecule has 0 saturated carbocycles. The first-order valence-corrected chi connectivity index (χ1v) is 12.0. The number of hydrogen-bond acceptors (Lipinski definition) is 6. The van der Waals surface area contributed by atoms with Crippen LogP contribution in [-0.2, 0) is 11.3 Å². The van der Waals surface area contributed by atoms with Gasteiger partial charge in [0.1, 0.15) is 0 Å². The van der Waals surface area contributed by atoms with E-state index in [1.54, 1.807) is 66.7 Å². The van der Waals surface area contributed by atoms with E-state index in [2.05, 4.69) is 15.9 Å². The molecule has 0 atom stereocenters. The maximum Gasteiger partial charge on any atom is 0.343 e. The zero-order chi connectivity index (χ0) is 24.2. The molecule has 1 aliphatic rings. The topological polar surface area (TPSA) is 72.9 Å². The fourth-order valence-electron chi connectivity index (χ4n) is 3.19. The highest BCUT2D eigenvalue weighted by Crippen LogP contribution is 2.35. The summed E-state index contributed by atoms with van der Waals surface area (Å²) in [5, 5.41) is 0.232. The number of rotatable bonds is 6. The van der Waals surface area contributed by atoms with Crippen LogP contribution in [0.5, 0.6) is 11.5 Å². The van der Waals surface area contributed by atoms with E-state index in [-0.39, 0.29) is 23.4 Å². The summed E-state index contributed by atoms with van der Waals surface area (Å²) in [5.41, 5.74) is 1.80. The number of ether oxygens (including phenoxy) is 2. The van der Waals surface area contributed by atoms with Gasteiger partial charge in [0, 0.05) is 9.50 Å². The van der Waals surface area contributed by atoms with Crippen LogP contribution in [0.4, 0.5) is 4.79 Å². The van der Waals surface area contributed by atoms with Crippen LogP contribution >= 0.6 is 39.3 Å². The maximum atomic E-state index is 12.8. The van der Waals surface area contributed by atoms with Crippen molar-refractivity contribution in [3.05, 3.63) is 97.8 Å². The Morgan fingerprint density at radius 3 is 2.53 bits per heavy atom. The summed E-state index contributed by atoms with van der Waals surface area (Å²) >= 11 is 10.1. The van der Waals surface area contributed by atoms with Crippen molar-refractivity contribution in [2.75, 3.05) is 7.11 Å². The van der Waals surface area contributed by atoms with Gasteiger partial charge in [0.2, 0.25) is 0 Å². The Morgan fingerprint density at radius 1 is 1.06 bits per heavy atom. The van der Waals surface area contributed by atoms with Crippen LogP contribution in [0.25, 0.3) is 6.08 Å². The minimum atomic E-state index is -0.532. The molecule has 0 N–H and O–H groups in total. The molecule has 9 heteroatoms. The second kappa shape index (κ2) is 10.5. The van der Waals surface area contributed by atoms with Gasteiger partial charge in [-0.15, -0.1) is 0 Å². The Kier molecular flexibility index (Phi) is 7.41. The summed E-state index contributed by atoms with van der Waals surface area (Å²) in [5.74, 6) is -0.359. The van der Waals surface area contributed by atoms with Crippen molar-refractivity contribution in [1.82, 2.24) is 4.90 Å². The molecular weight excluding hydrogens is 542 g/mol. The molecule has 1 saturated heterocycles. The molecule has 34 heavy (non-hydrogen) atoms. The predicted octanol–water partition coefficient (Wildman–Crippen LogP) is 6.57. The van der Waals surface area contributed by atoms with Gasteiger partial charge in [0.25, 0.3) is 11.1 Å². The molecule has 0 radical (unpaired) electrons. The minimum absolute atomic E-state index is 0.160. The molecule has 3 aromatic carbocycles. The lowest BCUT2D eigenvalue weighted by Gasteiger charge is -2.12. The fraction of sp³-hybridized carbons (Fsp3) is 0.0800. The highest BCUT2D eigenvalue weighted by Gasteiger charge is 2.35. The van der Waals surface area contributed by atoms with Crippen LogP contribution in [0.2, 0.25) is 5.02 Å². The van der Waals surface area contributed by atoms with Gasteiger partial charge in [0.15, 0.2) is 11.5 Å². The van der Waals surface area contributed by atoms with E-state index in [1.165, 1.54) is 12.0 Å². The second-order valence-electron chi connectivity index (χ2n) is 7.20. The van der Waals surface area contributed by atoms with Crippen molar-refractivity contribution in [2.45, 2.75) is 6.54 Å².